The van der Waals surface area contributed by atoms with Gasteiger partial charge in [0.15, 0.2) is 5.13 Å². The Bertz CT molecular complexity index is 1670. The first-order chi connectivity index (χ1) is 19.2. The lowest BCUT2D eigenvalue weighted by molar-refractivity contribution is -0.132. The number of esters is 1. The number of ether oxygens (including phenoxy) is 2. The predicted octanol–water partition coefficient (Wildman–Crippen LogP) is 6.11. The van der Waals surface area contributed by atoms with E-state index in [0.29, 0.717) is 34.2 Å². The summed E-state index contributed by atoms with van der Waals surface area (Å²) < 4.78 is 11.4. The maximum Gasteiger partial charge on any atom is 0.337 e. The average molecular weight is 557 g/mol. The van der Waals surface area contributed by atoms with Gasteiger partial charge in [-0.3, -0.25) is 14.5 Å². The number of amides is 1. The summed E-state index contributed by atoms with van der Waals surface area (Å²) in [5.41, 5.74) is 3.87. The van der Waals surface area contributed by atoms with Gasteiger partial charge in [-0.15, -0.1) is 0 Å². The van der Waals surface area contributed by atoms with Crippen molar-refractivity contribution < 1.29 is 29.0 Å². The van der Waals surface area contributed by atoms with Crippen LogP contribution < -0.4 is 9.64 Å². The number of carbonyl (C=O) groups excluding carboxylic acids is 3. The first kappa shape index (κ1) is 27.1. The second-order valence-electron chi connectivity index (χ2n) is 9.58. The maximum atomic E-state index is 13.6. The minimum Gasteiger partial charge on any atom is -0.507 e. The minimum absolute atomic E-state index is 0.0735. The molecule has 1 fully saturated rings. The Morgan fingerprint density at radius 1 is 1.05 bits per heavy atom. The molecular weight excluding hydrogens is 528 g/mol. The Hall–Kier alpha value is -4.50. The van der Waals surface area contributed by atoms with Gasteiger partial charge in [-0.2, -0.15) is 0 Å². The molecule has 0 bridgehead atoms. The molecule has 204 valence electrons. The number of nitrogens with zero attached hydrogens (tertiary/aromatic N) is 2. The highest BCUT2D eigenvalue weighted by Crippen LogP contribution is 2.45. The molecule has 1 aliphatic rings. The number of anilines is 1. The zero-order chi connectivity index (χ0) is 28.6. The van der Waals surface area contributed by atoms with Gasteiger partial charge >= 0.3 is 11.9 Å². The number of Topliss-reactive ketones (excluding diaryl/α,β-unsaturated/α-hetero) is 1. The Morgan fingerprint density at radius 3 is 2.50 bits per heavy atom. The highest BCUT2D eigenvalue weighted by molar-refractivity contribution is 7.22. The van der Waals surface area contributed by atoms with Crippen LogP contribution in [-0.4, -0.2) is 41.5 Å². The third kappa shape index (κ3) is 4.84. The highest BCUT2D eigenvalue weighted by atomic mass is 32.1. The number of aromatic nitrogens is 1. The van der Waals surface area contributed by atoms with E-state index in [9.17, 15) is 19.5 Å². The first-order valence-corrected chi connectivity index (χ1v) is 13.7. The Labute approximate surface area is 235 Å². The van der Waals surface area contributed by atoms with Crippen molar-refractivity contribution in [2.75, 3.05) is 18.6 Å². The van der Waals surface area contributed by atoms with Gasteiger partial charge in [0.1, 0.15) is 11.5 Å². The summed E-state index contributed by atoms with van der Waals surface area (Å²) >= 11 is 1.30. The van der Waals surface area contributed by atoms with Gasteiger partial charge in [0.25, 0.3) is 5.78 Å². The number of hydrogen-bond acceptors (Lipinski definition) is 8. The van der Waals surface area contributed by atoms with Crippen molar-refractivity contribution in [1.29, 1.82) is 0 Å². The predicted molar refractivity (Wildman–Crippen MR) is 154 cm³/mol. The van der Waals surface area contributed by atoms with Crippen LogP contribution in [0.5, 0.6) is 5.75 Å². The number of carbonyl (C=O) groups is 3. The lowest BCUT2D eigenvalue weighted by Crippen LogP contribution is -2.29. The summed E-state index contributed by atoms with van der Waals surface area (Å²) in [5.74, 6) is -1.92. The molecule has 1 saturated heterocycles. The van der Waals surface area contributed by atoms with E-state index in [1.165, 1.54) is 23.3 Å². The molecule has 1 aliphatic heterocycles. The van der Waals surface area contributed by atoms with E-state index in [1.807, 2.05) is 32.9 Å². The van der Waals surface area contributed by atoms with Crippen LogP contribution in [0, 0.1) is 13.8 Å². The van der Waals surface area contributed by atoms with Crippen LogP contribution in [-0.2, 0) is 14.3 Å². The number of thiazole rings is 1. The number of fused-ring (bicyclic) bond motifs is 1. The maximum absolute atomic E-state index is 13.6. The summed E-state index contributed by atoms with van der Waals surface area (Å²) in [6.07, 6.45) is 0.810. The van der Waals surface area contributed by atoms with Crippen LogP contribution in [0.2, 0.25) is 0 Å². The van der Waals surface area contributed by atoms with Crippen molar-refractivity contribution in [1.82, 2.24) is 4.98 Å². The molecule has 1 atom stereocenters. The van der Waals surface area contributed by atoms with E-state index in [1.54, 1.807) is 48.5 Å². The van der Waals surface area contributed by atoms with Gasteiger partial charge in [-0.25, -0.2) is 9.78 Å². The fourth-order valence-corrected chi connectivity index (χ4v) is 6.00. The molecule has 0 saturated carbocycles. The summed E-state index contributed by atoms with van der Waals surface area (Å²) in [7, 11) is 1.29. The molecule has 1 unspecified atom stereocenters. The zero-order valence-corrected chi connectivity index (χ0v) is 23.4. The van der Waals surface area contributed by atoms with Gasteiger partial charge in [0.05, 0.1) is 41.1 Å². The van der Waals surface area contributed by atoms with Crippen molar-refractivity contribution in [2.24, 2.45) is 0 Å². The molecule has 3 aromatic carbocycles. The van der Waals surface area contributed by atoms with Crippen molar-refractivity contribution in [2.45, 2.75) is 33.2 Å². The van der Waals surface area contributed by atoms with Crippen molar-refractivity contribution in [3.05, 3.63) is 94.1 Å². The number of aliphatic hydroxyl groups is 1. The number of benzene rings is 3. The smallest absolute Gasteiger partial charge is 0.337 e. The van der Waals surface area contributed by atoms with Crippen molar-refractivity contribution >= 4 is 50.1 Å². The SMILES string of the molecule is CCCOc1cccc(C(O)=C2C(=O)C(=O)N(c3nc4c(C)cc(C)cc4s3)C2c2ccc(C(=O)OC)cc2)c1. The second-order valence-corrected chi connectivity index (χ2v) is 10.6. The minimum atomic E-state index is -0.978. The zero-order valence-electron chi connectivity index (χ0n) is 22.6. The average Bonchev–Trinajstić information content (AvgIpc) is 3.49. The quantitative estimate of drug-likeness (QED) is 0.127. The number of hydrogen-bond donors (Lipinski definition) is 1. The molecule has 1 N–H and O–H groups in total. The highest BCUT2D eigenvalue weighted by Gasteiger charge is 2.48. The molecule has 1 aromatic heterocycles. The Morgan fingerprint density at radius 2 is 1.80 bits per heavy atom. The molecule has 2 heterocycles. The topological polar surface area (TPSA) is 106 Å². The molecule has 8 nitrogen and oxygen atoms in total. The van der Waals surface area contributed by atoms with Crippen LogP contribution in [0.25, 0.3) is 16.0 Å². The monoisotopic (exact) mass is 556 g/mol. The second kappa shape index (κ2) is 10.9. The van der Waals surface area contributed by atoms with Crippen molar-refractivity contribution in [3.63, 3.8) is 0 Å². The van der Waals surface area contributed by atoms with Crippen molar-refractivity contribution in [3.8, 4) is 5.75 Å². The van der Waals surface area contributed by atoms with Crippen LogP contribution >= 0.6 is 11.3 Å². The molecule has 1 amide bonds. The standard InChI is InChI=1S/C31H28N2O6S/c1-5-13-39-22-8-6-7-21(16-22)27(34)24-26(19-9-11-20(12-10-19)30(37)38-4)33(29(36)28(24)35)31-32-25-18(3)14-17(2)15-23(25)40-31/h6-12,14-16,26,34H,5,13H2,1-4H3. The van der Waals surface area contributed by atoms with Gasteiger partial charge in [-0.05, 0) is 67.3 Å². The summed E-state index contributed by atoms with van der Waals surface area (Å²) in [4.78, 5) is 45.3. The molecule has 5 rings (SSSR count). The number of aryl methyl sites for hydroxylation is 2. The van der Waals surface area contributed by atoms with E-state index < -0.39 is 23.7 Å². The third-order valence-corrected chi connectivity index (χ3v) is 7.70. The first-order valence-electron chi connectivity index (χ1n) is 12.8. The summed E-state index contributed by atoms with van der Waals surface area (Å²) in [5, 5.41) is 11.8. The summed E-state index contributed by atoms with van der Waals surface area (Å²) in [6, 6.07) is 16.2. The van der Waals surface area contributed by atoms with Gasteiger partial charge in [0.2, 0.25) is 0 Å². The largest absolute Gasteiger partial charge is 0.507 e. The fourth-order valence-electron chi connectivity index (χ4n) is 4.84. The van der Waals surface area contributed by atoms with E-state index in [0.717, 1.165) is 27.8 Å². The van der Waals surface area contributed by atoms with Gasteiger partial charge in [-0.1, -0.05) is 48.6 Å². The number of methoxy groups -OCH3 is 1. The lowest BCUT2D eigenvalue weighted by Gasteiger charge is -2.23. The van der Waals surface area contributed by atoms with Crippen LogP contribution in [0.15, 0.2) is 66.2 Å². The molecule has 40 heavy (non-hydrogen) atoms. The number of aliphatic hydroxyl groups excluding tert-OH is 1. The van der Waals surface area contributed by atoms with Crippen LogP contribution in [0.3, 0.4) is 0 Å². The normalized spacial score (nSPS) is 16.5. The molecule has 0 aliphatic carbocycles. The van der Waals surface area contributed by atoms with Gasteiger partial charge < -0.3 is 14.6 Å². The molecule has 9 heteroatoms. The molecule has 0 spiro atoms. The molecular formula is C31H28N2O6S. The molecule has 4 aromatic rings. The Kier molecular flexibility index (Phi) is 7.40. The van der Waals surface area contributed by atoms with E-state index in [2.05, 4.69) is 0 Å². The van der Waals surface area contributed by atoms with Crippen LogP contribution in [0.1, 0.15) is 52.0 Å². The lowest BCUT2D eigenvalue weighted by atomic mass is 9.94. The third-order valence-electron chi connectivity index (χ3n) is 6.70. The fraction of sp³-hybridized carbons (Fsp3) is 0.226. The van der Waals surface area contributed by atoms with Crippen LogP contribution in [0.4, 0.5) is 5.13 Å². The van der Waals surface area contributed by atoms with Gasteiger partial charge in [0, 0.05) is 5.56 Å². The Balaban J connectivity index is 1.69. The number of ketones is 1. The molecule has 0 radical (unpaired) electrons. The summed E-state index contributed by atoms with van der Waals surface area (Å²) in [6.45, 7) is 6.42. The van der Waals surface area contributed by atoms with E-state index >= 15 is 0 Å². The van der Waals surface area contributed by atoms with E-state index in [4.69, 9.17) is 14.5 Å². The number of rotatable bonds is 7. The van der Waals surface area contributed by atoms with E-state index in [-0.39, 0.29) is 11.3 Å².